The first-order valence-electron chi connectivity index (χ1n) is 5.65. The van der Waals surface area contributed by atoms with Crippen LogP contribution in [0, 0.1) is 5.92 Å². The summed E-state index contributed by atoms with van der Waals surface area (Å²) in [6.45, 7) is 1.82. The summed E-state index contributed by atoms with van der Waals surface area (Å²) in [6, 6.07) is 0.905. The van der Waals surface area contributed by atoms with Crippen LogP contribution in [0.2, 0.25) is 0 Å². The summed E-state index contributed by atoms with van der Waals surface area (Å²) in [4.78, 5) is 7.48. The first kappa shape index (κ1) is 12.3. The molecule has 3 nitrogen and oxygen atoms in total. The Morgan fingerprint density at radius 2 is 2.24 bits per heavy atom. The van der Waals surface area contributed by atoms with Crippen LogP contribution in [0.4, 0.5) is 13.2 Å². The van der Waals surface area contributed by atoms with E-state index in [0.717, 1.165) is 32.0 Å². The largest absolute Gasteiger partial charge is 0.433 e. The SMILES string of the molecule is FC(F)(F)c1ccnc(CC2CCCNC2)n1. The van der Waals surface area contributed by atoms with E-state index < -0.39 is 11.9 Å². The molecule has 1 N–H and O–H groups in total. The molecule has 1 aliphatic rings. The molecular weight excluding hydrogens is 231 g/mol. The maximum Gasteiger partial charge on any atom is 0.433 e. The van der Waals surface area contributed by atoms with Crippen molar-refractivity contribution in [3.8, 4) is 0 Å². The van der Waals surface area contributed by atoms with Crippen molar-refractivity contribution in [2.45, 2.75) is 25.4 Å². The first-order valence-corrected chi connectivity index (χ1v) is 5.65. The lowest BCUT2D eigenvalue weighted by molar-refractivity contribution is -0.141. The van der Waals surface area contributed by atoms with Gasteiger partial charge < -0.3 is 5.32 Å². The molecule has 1 saturated heterocycles. The van der Waals surface area contributed by atoms with Gasteiger partial charge in [-0.3, -0.25) is 0 Å². The zero-order valence-corrected chi connectivity index (χ0v) is 9.30. The number of alkyl halides is 3. The van der Waals surface area contributed by atoms with Gasteiger partial charge in [0, 0.05) is 12.6 Å². The van der Waals surface area contributed by atoms with Gasteiger partial charge in [-0.1, -0.05) is 0 Å². The van der Waals surface area contributed by atoms with Crippen molar-refractivity contribution >= 4 is 0 Å². The van der Waals surface area contributed by atoms with E-state index in [9.17, 15) is 13.2 Å². The predicted molar refractivity (Wildman–Crippen MR) is 56.3 cm³/mol. The molecule has 0 aliphatic carbocycles. The van der Waals surface area contributed by atoms with Crippen LogP contribution in [-0.4, -0.2) is 23.1 Å². The van der Waals surface area contributed by atoms with E-state index in [1.54, 1.807) is 0 Å². The molecule has 17 heavy (non-hydrogen) atoms. The minimum Gasteiger partial charge on any atom is -0.316 e. The second kappa shape index (κ2) is 5.00. The van der Waals surface area contributed by atoms with E-state index in [0.29, 0.717) is 12.3 Å². The molecule has 0 amide bonds. The lowest BCUT2D eigenvalue weighted by Gasteiger charge is -2.22. The molecule has 1 unspecified atom stereocenters. The van der Waals surface area contributed by atoms with Crippen molar-refractivity contribution in [1.82, 2.24) is 15.3 Å². The molecule has 1 aromatic rings. The molecule has 0 radical (unpaired) electrons. The van der Waals surface area contributed by atoms with Gasteiger partial charge in [-0.2, -0.15) is 13.2 Å². The summed E-state index contributed by atoms with van der Waals surface area (Å²) < 4.78 is 37.3. The van der Waals surface area contributed by atoms with Gasteiger partial charge in [0.15, 0.2) is 0 Å². The molecule has 0 bridgehead atoms. The number of hydrogen-bond acceptors (Lipinski definition) is 3. The van der Waals surface area contributed by atoms with Crippen LogP contribution < -0.4 is 5.32 Å². The Morgan fingerprint density at radius 1 is 1.41 bits per heavy atom. The van der Waals surface area contributed by atoms with Crippen LogP contribution in [0.15, 0.2) is 12.3 Å². The lowest BCUT2D eigenvalue weighted by Crippen LogP contribution is -2.31. The normalized spacial score (nSPS) is 21.5. The summed E-state index contributed by atoms with van der Waals surface area (Å²) in [6.07, 6.45) is -0.614. The maximum atomic E-state index is 12.4. The monoisotopic (exact) mass is 245 g/mol. The molecule has 1 fully saturated rings. The van der Waals surface area contributed by atoms with Gasteiger partial charge >= 0.3 is 6.18 Å². The summed E-state index contributed by atoms with van der Waals surface area (Å²) in [7, 11) is 0. The highest BCUT2D eigenvalue weighted by atomic mass is 19.4. The van der Waals surface area contributed by atoms with Crippen LogP contribution in [0.1, 0.15) is 24.4 Å². The topological polar surface area (TPSA) is 37.8 Å². The fourth-order valence-electron chi connectivity index (χ4n) is 2.01. The fraction of sp³-hybridized carbons (Fsp3) is 0.636. The van der Waals surface area contributed by atoms with Crippen molar-refractivity contribution in [2.24, 2.45) is 5.92 Å². The first-order chi connectivity index (χ1) is 8.05. The highest BCUT2D eigenvalue weighted by Gasteiger charge is 2.32. The number of halogens is 3. The van der Waals surface area contributed by atoms with Gasteiger partial charge in [-0.05, 0) is 37.9 Å². The third kappa shape index (κ3) is 3.39. The average Bonchev–Trinajstić information content (AvgIpc) is 2.29. The Balaban J connectivity index is 2.05. The molecule has 6 heteroatoms. The van der Waals surface area contributed by atoms with E-state index in [4.69, 9.17) is 0 Å². The van der Waals surface area contributed by atoms with Crippen LogP contribution in [0.25, 0.3) is 0 Å². The highest BCUT2D eigenvalue weighted by Crippen LogP contribution is 2.27. The van der Waals surface area contributed by atoms with Gasteiger partial charge in [0.05, 0.1) is 0 Å². The Hall–Kier alpha value is -1.17. The third-order valence-electron chi connectivity index (χ3n) is 2.87. The number of hydrogen-bond donors (Lipinski definition) is 1. The van der Waals surface area contributed by atoms with Crippen molar-refractivity contribution in [3.05, 3.63) is 23.8 Å². The van der Waals surface area contributed by atoms with Crippen LogP contribution in [-0.2, 0) is 12.6 Å². The molecular formula is C11H14F3N3. The molecule has 2 rings (SSSR count). The second-order valence-corrected chi connectivity index (χ2v) is 4.27. The summed E-state index contributed by atoms with van der Waals surface area (Å²) >= 11 is 0. The van der Waals surface area contributed by atoms with Gasteiger partial charge in [0.2, 0.25) is 0 Å². The number of nitrogens with zero attached hydrogens (tertiary/aromatic N) is 2. The number of piperidine rings is 1. The minimum atomic E-state index is -4.39. The number of rotatable bonds is 2. The zero-order valence-electron chi connectivity index (χ0n) is 9.30. The smallest absolute Gasteiger partial charge is 0.316 e. The molecule has 1 aromatic heterocycles. The molecule has 1 aliphatic heterocycles. The van der Waals surface area contributed by atoms with Crippen molar-refractivity contribution in [1.29, 1.82) is 0 Å². The standard InChI is InChI=1S/C11H14F3N3/c12-11(13,14)9-3-5-16-10(17-9)6-8-2-1-4-15-7-8/h3,5,8,15H,1-2,4,6-7H2. The second-order valence-electron chi connectivity index (χ2n) is 4.27. The van der Waals surface area contributed by atoms with E-state index in [2.05, 4.69) is 15.3 Å². The zero-order chi connectivity index (χ0) is 12.3. The quantitative estimate of drug-likeness (QED) is 0.866. The van der Waals surface area contributed by atoms with E-state index in [-0.39, 0.29) is 5.82 Å². The average molecular weight is 245 g/mol. The predicted octanol–water partition coefficient (Wildman–Crippen LogP) is 2.04. The summed E-state index contributed by atoms with van der Waals surface area (Å²) in [5, 5.41) is 3.22. The Bertz CT molecular complexity index is 372. The Kier molecular flexibility index (Phi) is 3.61. The minimum absolute atomic E-state index is 0.286. The molecule has 94 valence electrons. The van der Waals surface area contributed by atoms with Gasteiger partial charge in [0.25, 0.3) is 0 Å². The Labute approximate surface area is 97.5 Å². The molecule has 0 aromatic carbocycles. The van der Waals surface area contributed by atoms with Crippen LogP contribution in [0.5, 0.6) is 0 Å². The summed E-state index contributed by atoms with van der Waals surface area (Å²) in [5.74, 6) is 0.626. The fourth-order valence-corrected chi connectivity index (χ4v) is 2.01. The molecule has 0 saturated carbocycles. The van der Waals surface area contributed by atoms with Gasteiger partial charge in [0.1, 0.15) is 11.5 Å². The number of aromatic nitrogens is 2. The van der Waals surface area contributed by atoms with Crippen molar-refractivity contribution < 1.29 is 13.2 Å². The number of nitrogens with one attached hydrogen (secondary N) is 1. The van der Waals surface area contributed by atoms with Gasteiger partial charge in [-0.15, -0.1) is 0 Å². The van der Waals surface area contributed by atoms with E-state index in [1.165, 1.54) is 6.20 Å². The van der Waals surface area contributed by atoms with E-state index >= 15 is 0 Å². The Morgan fingerprint density at radius 3 is 2.88 bits per heavy atom. The molecule has 0 spiro atoms. The third-order valence-corrected chi connectivity index (χ3v) is 2.87. The molecule has 2 heterocycles. The van der Waals surface area contributed by atoms with Crippen molar-refractivity contribution in [3.63, 3.8) is 0 Å². The van der Waals surface area contributed by atoms with Crippen LogP contribution in [0.3, 0.4) is 0 Å². The van der Waals surface area contributed by atoms with Gasteiger partial charge in [-0.25, -0.2) is 9.97 Å². The van der Waals surface area contributed by atoms with Crippen LogP contribution >= 0.6 is 0 Å². The highest BCUT2D eigenvalue weighted by molar-refractivity contribution is 5.06. The maximum absolute atomic E-state index is 12.4. The summed E-state index contributed by atoms with van der Waals surface area (Å²) in [5.41, 5.74) is -0.855. The lowest BCUT2D eigenvalue weighted by atomic mass is 9.96. The van der Waals surface area contributed by atoms with Crippen molar-refractivity contribution in [2.75, 3.05) is 13.1 Å². The molecule has 1 atom stereocenters. The van der Waals surface area contributed by atoms with E-state index in [1.807, 2.05) is 0 Å².